The SMILES string of the molecule is NC(=O)C(=O)C(Cc1cccs1)NC(=O)c1cccnc1-n1ccc(-c2ccccc2)n1. The number of thiophene rings is 1. The van der Waals surface area contributed by atoms with E-state index in [0.717, 1.165) is 16.1 Å². The summed E-state index contributed by atoms with van der Waals surface area (Å²) < 4.78 is 1.50. The molecule has 1 atom stereocenters. The van der Waals surface area contributed by atoms with Gasteiger partial charge in [-0.1, -0.05) is 36.4 Å². The molecule has 0 aliphatic carbocycles. The fourth-order valence-electron chi connectivity index (χ4n) is 3.21. The minimum absolute atomic E-state index is 0.167. The number of nitrogens with two attached hydrogens (primary N) is 1. The van der Waals surface area contributed by atoms with Crippen LogP contribution in [0.3, 0.4) is 0 Å². The van der Waals surface area contributed by atoms with E-state index in [1.165, 1.54) is 16.0 Å². The lowest BCUT2D eigenvalue weighted by Crippen LogP contribution is -2.47. The number of Topliss-reactive ketones (excluding diaryl/α,β-unsaturated/α-hetero) is 1. The van der Waals surface area contributed by atoms with Crippen molar-refractivity contribution < 1.29 is 14.4 Å². The van der Waals surface area contributed by atoms with Gasteiger partial charge < -0.3 is 11.1 Å². The first-order valence-corrected chi connectivity index (χ1v) is 10.6. The molecule has 8 nitrogen and oxygen atoms in total. The number of nitrogens with one attached hydrogen (secondary N) is 1. The summed E-state index contributed by atoms with van der Waals surface area (Å²) in [6.45, 7) is 0. The molecule has 1 aromatic carbocycles. The Morgan fingerprint density at radius 1 is 1.03 bits per heavy atom. The Bertz CT molecular complexity index is 1250. The zero-order valence-electron chi connectivity index (χ0n) is 16.8. The van der Waals surface area contributed by atoms with E-state index in [0.29, 0.717) is 5.82 Å². The average Bonchev–Trinajstić information content (AvgIpc) is 3.51. The van der Waals surface area contributed by atoms with E-state index in [-0.39, 0.29) is 12.0 Å². The van der Waals surface area contributed by atoms with Gasteiger partial charge in [0, 0.05) is 29.3 Å². The molecule has 32 heavy (non-hydrogen) atoms. The van der Waals surface area contributed by atoms with Crippen molar-refractivity contribution in [3.8, 4) is 17.1 Å². The maximum Gasteiger partial charge on any atom is 0.287 e. The first-order chi connectivity index (χ1) is 15.5. The van der Waals surface area contributed by atoms with Crippen molar-refractivity contribution in [1.29, 1.82) is 0 Å². The summed E-state index contributed by atoms with van der Waals surface area (Å²) >= 11 is 1.42. The highest BCUT2D eigenvalue weighted by molar-refractivity contribution is 7.09. The number of aromatic nitrogens is 3. The van der Waals surface area contributed by atoms with Gasteiger partial charge in [-0.05, 0) is 29.6 Å². The zero-order chi connectivity index (χ0) is 22.5. The fourth-order valence-corrected chi connectivity index (χ4v) is 3.96. The molecule has 0 fully saturated rings. The molecule has 0 aliphatic heterocycles. The lowest BCUT2D eigenvalue weighted by Gasteiger charge is -2.16. The van der Waals surface area contributed by atoms with Crippen molar-refractivity contribution in [2.45, 2.75) is 12.5 Å². The van der Waals surface area contributed by atoms with Crippen LogP contribution in [0.2, 0.25) is 0 Å². The second-order valence-electron chi connectivity index (χ2n) is 6.92. The maximum atomic E-state index is 13.1. The smallest absolute Gasteiger partial charge is 0.287 e. The van der Waals surface area contributed by atoms with Crippen LogP contribution >= 0.6 is 11.3 Å². The molecule has 160 valence electrons. The molecule has 1 unspecified atom stereocenters. The molecule has 3 N–H and O–H groups in total. The van der Waals surface area contributed by atoms with Gasteiger partial charge in [0.2, 0.25) is 5.78 Å². The highest BCUT2D eigenvalue weighted by Gasteiger charge is 2.27. The van der Waals surface area contributed by atoms with E-state index < -0.39 is 23.6 Å². The number of nitrogens with zero attached hydrogens (tertiary/aromatic N) is 3. The van der Waals surface area contributed by atoms with E-state index in [9.17, 15) is 14.4 Å². The summed E-state index contributed by atoms with van der Waals surface area (Å²) in [5.41, 5.74) is 7.06. The summed E-state index contributed by atoms with van der Waals surface area (Å²) in [7, 11) is 0. The van der Waals surface area contributed by atoms with Gasteiger partial charge in [0.1, 0.15) is 6.04 Å². The third kappa shape index (κ3) is 4.62. The van der Waals surface area contributed by atoms with Crippen molar-refractivity contribution in [1.82, 2.24) is 20.1 Å². The molecule has 4 rings (SSSR count). The molecule has 3 aromatic heterocycles. The number of rotatable bonds is 8. The van der Waals surface area contributed by atoms with Crippen molar-refractivity contribution in [3.05, 3.63) is 88.9 Å². The molecular weight excluding hydrogens is 426 g/mol. The predicted octanol–water partition coefficient (Wildman–Crippen LogP) is 2.39. The molecule has 0 saturated heterocycles. The van der Waals surface area contributed by atoms with Gasteiger partial charge in [-0.25, -0.2) is 9.67 Å². The monoisotopic (exact) mass is 445 g/mol. The minimum Gasteiger partial charge on any atom is -0.363 e. The normalized spacial score (nSPS) is 11.6. The topological polar surface area (TPSA) is 120 Å². The van der Waals surface area contributed by atoms with Crippen LogP contribution in [0, 0.1) is 0 Å². The number of primary amides is 1. The highest BCUT2D eigenvalue weighted by Crippen LogP contribution is 2.19. The zero-order valence-corrected chi connectivity index (χ0v) is 17.7. The van der Waals surface area contributed by atoms with Crippen molar-refractivity contribution in [2.24, 2.45) is 5.73 Å². The largest absolute Gasteiger partial charge is 0.363 e. The number of pyridine rings is 1. The van der Waals surface area contributed by atoms with Crippen molar-refractivity contribution >= 4 is 28.9 Å². The van der Waals surface area contributed by atoms with Crippen LogP contribution in [0.4, 0.5) is 0 Å². The summed E-state index contributed by atoms with van der Waals surface area (Å²) in [5.74, 6) is -2.21. The van der Waals surface area contributed by atoms with Gasteiger partial charge >= 0.3 is 0 Å². The van der Waals surface area contributed by atoms with Crippen molar-refractivity contribution in [3.63, 3.8) is 0 Å². The number of carbonyl (C=O) groups excluding carboxylic acids is 3. The highest BCUT2D eigenvalue weighted by atomic mass is 32.1. The standard InChI is InChI=1S/C23H19N5O3S/c24-21(30)20(29)19(14-16-8-5-13-32-16)26-23(31)17-9-4-11-25-22(17)28-12-10-18(27-28)15-6-2-1-3-7-15/h1-13,19H,14H2,(H2,24,30)(H,26,31). The Morgan fingerprint density at radius 3 is 2.56 bits per heavy atom. The van der Waals surface area contributed by atoms with E-state index in [1.807, 2.05) is 53.9 Å². The molecule has 2 amide bonds. The van der Waals surface area contributed by atoms with Crippen LogP contribution in [0.1, 0.15) is 15.2 Å². The predicted molar refractivity (Wildman–Crippen MR) is 120 cm³/mol. The Balaban J connectivity index is 1.61. The van der Waals surface area contributed by atoms with Crippen LogP contribution in [0.15, 0.2) is 78.4 Å². The number of benzene rings is 1. The van der Waals surface area contributed by atoms with Crippen LogP contribution in [-0.2, 0) is 16.0 Å². The molecule has 0 radical (unpaired) electrons. The average molecular weight is 446 g/mol. The molecule has 0 bridgehead atoms. The maximum absolute atomic E-state index is 13.1. The fraction of sp³-hybridized carbons (Fsp3) is 0.0870. The lowest BCUT2D eigenvalue weighted by atomic mass is 10.1. The Kier molecular flexibility index (Phi) is 6.18. The van der Waals surface area contributed by atoms with Gasteiger partial charge in [0.05, 0.1) is 11.3 Å². The Morgan fingerprint density at radius 2 is 1.84 bits per heavy atom. The number of hydrogen-bond acceptors (Lipinski definition) is 6. The summed E-state index contributed by atoms with van der Waals surface area (Å²) in [6.07, 6.45) is 3.42. The Hall–Kier alpha value is -4.11. The minimum atomic E-state index is -1.10. The van der Waals surface area contributed by atoms with Crippen LogP contribution < -0.4 is 11.1 Å². The number of carbonyl (C=O) groups is 3. The molecule has 9 heteroatoms. The van der Waals surface area contributed by atoms with Gasteiger partial charge in [0.25, 0.3) is 11.8 Å². The Labute approximate surface area is 187 Å². The number of hydrogen-bond donors (Lipinski definition) is 2. The number of amides is 2. The van der Waals surface area contributed by atoms with Gasteiger partial charge in [0.15, 0.2) is 5.82 Å². The van der Waals surface area contributed by atoms with Crippen LogP contribution in [0.25, 0.3) is 17.1 Å². The molecule has 0 spiro atoms. The summed E-state index contributed by atoms with van der Waals surface area (Å²) in [6, 6.07) is 17.2. The van der Waals surface area contributed by atoms with Gasteiger partial charge in [-0.3, -0.25) is 14.4 Å². The van der Waals surface area contributed by atoms with Crippen LogP contribution in [-0.4, -0.2) is 38.4 Å². The third-order valence-corrected chi connectivity index (χ3v) is 5.66. The van der Waals surface area contributed by atoms with Crippen molar-refractivity contribution in [2.75, 3.05) is 0 Å². The van der Waals surface area contributed by atoms with E-state index in [1.54, 1.807) is 24.5 Å². The molecule has 0 aliphatic rings. The lowest BCUT2D eigenvalue weighted by molar-refractivity contribution is -0.137. The van der Waals surface area contributed by atoms with Crippen LogP contribution in [0.5, 0.6) is 0 Å². The molecule has 0 saturated carbocycles. The van der Waals surface area contributed by atoms with E-state index in [4.69, 9.17) is 5.73 Å². The van der Waals surface area contributed by atoms with Gasteiger partial charge in [-0.2, -0.15) is 5.10 Å². The molecular formula is C23H19N5O3S. The van der Waals surface area contributed by atoms with E-state index >= 15 is 0 Å². The first kappa shape index (κ1) is 21.1. The quantitative estimate of drug-likeness (QED) is 0.404. The second kappa shape index (κ2) is 9.36. The summed E-state index contributed by atoms with van der Waals surface area (Å²) in [4.78, 5) is 42.1. The van der Waals surface area contributed by atoms with Gasteiger partial charge in [-0.15, -0.1) is 11.3 Å². The van der Waals surface area contributed by atoms with E-state index in [2.05, 4.69) is 15.4 Å². The third-order valence-electron chi connectivity index (χ3n) is 4.76. The number of ketones is 1. The molecule has 3 heterocycles. The summed E-state index contributed by atoms with van der Waals surface area (Å²) in [5, 5.41) is 9.02. The first-order valence-electron chi connectivity index (χ1n) is 9.76. The molecule has 4 aromatic rings. The second-order valence-corrected chi connectivity index (χ2v) is 7.96.